The molecule has 0 heterocycles. The zero-order valence-electron chi connectivity index (χ0n) is 12.0. The van der Waals surface area contributed by atoms with Crippen LogP contribution in [0.1, 0.15) is 13.3 Å². The molecule has 0 amide bonds. The zero-order chi connectivity index (χ0) is 16.2. The van der Waals surface area contributed by atoms with Gasteiger partial charge in [-0.3, -0.25) is 0 Å². The van der Waals surface area contributed by atoms with Gasteiger partial charge in [0.05, 0.1) is 6.61 Å². The van der Waals surface area contributed by atoms with E-state index in [0.29, 0.717) is 29.2 Å². The van der Waals surface area contributed by atoms with Crippen molar-refractivity contribution >= 4 is 5.69 Å². The number of halogens is 3. The lowest BCUT2D eigenvalue weighted by atomic mass is 10.0. The molecule has 2 rings (SSSR count). The standard InChI is InChI=1S/C16H16F3NO2/c1-2-9-21-13-7-8-15(20)14(10-13)11-3-5-12(6-4-11)22-16(17,18)19/h3-8,10H,2,9,20H2,1H3. The molecule has 22 heavy (non-hydrogen) atoms. The predicted octanol–water partition coefficient (Wildman–Crippen LogP) is 4.62. The summed E-state index contributed by atoms with van der Waals surface area (Å²) in [5, 5.41) is 0. The second kappa shape index (κ2) is 6.60. The van der Waals surface area contributed by atoms with Crippen LogP contribution in [0.2, 0.25) is 0 Å². The lowest BCUT2D eigenvalue weighted by Crippen LogP contribution is -2.16. The molecule has 0 fully saturated rings. The van der Waals surface area contributed by atoms with Crippen LogP contribution in [0.3, 0.4) is 0 Å². The molecule has 0 aliphatic rings. The Morgan fingerprint density at radius 2 is 1.64 bits per heavy atom. The van der Waals surface area contributed by atoms with Crippen LogP contribution in [0, 0.1) is 0 Å². The minimum Gasteiger partial charge on any atom is -0.494 e. The minimum atomic E-state index is -4.70. The molecule has 2 aromatic carbocycles. The first-order valence-electron chi connectivity index (χ1n) is 6.77. The number of nitrogens with two attached hydrogens (primary N) is 1. The molecule has 0 spiro atoms. The van der Waals surface area contributed by atoms with Crippen LogP contribution in [0.15, 0.2) is 42.5 Å². The first-order chi connectivity index (χ1) is 10.4. The summed E-state index contributed by atoms with van der Waals surface area (Å²) in [6.45, 7) is 2.58. The number of benzene rings is 2. The Hall–Kier alpha value is -2.37. The quantitative estimate of drug-likeness (QED) is 0.819. The van der Waals surface area contributed by atoms with Crippen LogP contribution in [-0.2, 0) is 0 Å². The molecular weight excluding hydrogens is 295 g/mol. The fourth-order valence-corrected chi connectivity index (χ4v) is 1.93. The summed E-state index contributed by atoms with van der Waals surface area (Å²) in [6, 6.07) is 10.8. The van der Waals surface area contributed by atoms with Crippen molar-refractivity contribution in [1.82, 2.24) is 0 Å². The Bertz CT molecular complexity index is 624. The second-order valence-corrected chi connectivity index (χ2v) is 4.67. The van der Waals surface area contributed by atoms with Gasteiger partial charge in [-0.25, -0.2) is 0 Å². The average Bonchev–Trinajstić information content (AvgIpc) is 2.46. The van der Waals surface area contributed by atoms with Gasteiger partial charge in [0.1, 0.15) is 11.5 Å². The Morgan fingerprint density at radius 3 is 2.23 bits per heavy atom. The topological polar surface area (TPSA) is 44.5 Å². The Morgan fingerprint density at radius 1 is 1.00 bits per heavy atom. The largest absolute Gasteiger partial charge is 0.573 e. The molecule has 0 saturated carbocycles. The predicted molar refractivity (Wildman–Crippen MR) is 78.8 cm³/mol. The third-order valence-electron chi connectivity index (χ3n) is 2.90. The highest BCUT2D eigenvalue weighted by molar-refractivity contribution is 5.77. The van der Waals surface area contributed by atoms with Gasteiger partial charge in [0.25, 0.3) is 0 Å². The van der Waals surface area contributed by atoms with Crippen molar-refractivity contribution in [3.05, 3.63) is 42.5 Å². The molecule has 0 aliphatic carbocycles. The van der Waals surface area contributed by atoms with Gasteiger partial charge in [-0.05, 0) is 42.3 Å². The summed E-state index contributed by atoms with van der Waals surface area (Å²) in [7, 11) is 0. The van der Waals surface area contributed by atoms with Crippen molar-refractivity contribution < 1.29 is 22.6 Å². The van der Waals surface area contributed by atoms with Crippen molar-refractivity contribution in [2.75, 3.05) is 12.3 Å². The fourth-order valence-electron chi connectivity index (χ4n) is 1.93. The van der Waals surface area contributed by atoms with E-state index < -0.39 is 6.36 Å². The number of hydrogen-bond donors (Lipinski definition) is 1. The maximum Gasteiger partial charge on any atom is 0.573 e. The van der Waals surface area contributed by atoms with Gasteiger partial charge in [0, 0.05) is 11.3 Å². The van der Waals surface area contributed by atoms with Crippen LogP contribution in [-0.4, -0.2) is 13.0 Å². The van der Waals surface area contributed by atoms with Crippen LogP contribution in [0.4, 0.5) is 18.9 Å². The zero-order valence-corrected chi connectivity index (χ0v) is 12.0. The highest BCUT2D eigenvalue weighted by Crippen LogP contribution is 2.32. The minimum absolute atomic E-state index is 0.270. The van der Waals surface area contributed by atoms with E-state index in [2.05, 4.69) is 4.74 Å². The number of hydrogen-bond acceptors (Lipinski definition) is 3. The normalized spacial score (nSPS) is 11.3. The van der Waals surface area contributed by atoms with Crippen LogP contribution < -0.4 is 15.2 Å². The van der Waals surface area contributed by atoms with Gasteiger partial charge < -0.3 is 15.2 Å². The molecule has 0 saturated heterocycles. The van der Waals surface area contributed by atoms with Gasteiger partial charge >= 0.3 is 6.36 Å². The molecule has 0 unspecified atom stereocenters. The van der Waals surface area contributed by atoms with E-state index in [1.165, 1.54) is 24.3 Å². The first-order valence-corrected chi connectivity index (χ1v) is 6.77. The molecule has 0 aromatic heterocycles. The Balaban J connectivity index is 2.23. The number of alkyl halides is 3. The lowest BCUT2D eigenvalue weighted by Gasteiger charge is -2.12. The molecule has 0 bridgehead atoms. The smallest absolute Gasteiger partial charge is 0.494 e. The fraction of sp³-hybridized carbons (Fsp3) is 0.250. The van der Waals surface area contributed by atoms with Crippen molar-refractivity contribution in [3.63, 3.8) is 0 Å². The van der Waals surface area contributed by atoms with E-state index in [0.717, 1.165) is 6.42 Å². The molecule has 0 atom stereocenters. The van der Waals surface area contributed by atoms with E-state index >= 15 is 0 Å². The third kappa shape index (κ3) is 4.31. The third-order valence-corrected chi connectivity index (χ3v) is 2.90. The number of rotatable bonds is 5. The Kier molecular flexibility index (Phi) is 4.80. The van der Waals surface area contributed by atoms with Gasteiger partial charge in [-0.1, -0.05) is 19.1 Å². The van der Waals surface area contributed by atoms with Crippen LogP contribution in [0.5, 0.6) is 11.5 Å². The maximum atomic E-state index is 12.1. The highest BCUT2D eigenvalue weighted by Gasteiger charge is 2.30. The summed E-state index contributed by atoms with van der Waals surface area (Å²) in [5.74, 6) is 0.398. The molecular formula is C16H16F3NO2. The van der Waals surface area contributed by atoms with Gasteiger partial charge in [-0.2, -0.15) is 0 Å². The van der Waals surface area contributed by atoms with E-state index in [9.17, 15) is 13.2 Å². The molecule has 0 aliphatic heterocycles. The summed E-state index contributed by atoms with van der Waals surface area (Å²) in [4.78, 5) is 0. The van der Waals surface area contributed by atoms with Crippen molar-refractivity contribution in [2.45, 2.75) is 19.7 Å². The maximum absolute atomic E-state index is 12.1. The van der Waals surface area contributed by atoms with E-state index in [4.69, 9.17) is 10.5 Å². The number of anilines is 1. The molecule has 3 nitrogen and oxygen atoms in total. The summed E-state index contributed by atoms with van der Waals surface area (Å²) >= 11 is 0. The van der Waals surface area contributed by atoms with E-state index in [1.807, 2.05) is 6.92 Å². The summed E-state index contributed by atoms with van der Waals surface area (Å²) in [5.41, 5.74) is 7.83. The lowest BCUT2D eigenvalue weighted by molar-refractivity contribution is -0.274. The molecule has 2 aromatic rings. The van der Waals surface area contributed by atoms with Crippen molar-refractivity contribution in [3.8, 4) is 22.6 Å². The Labute approximate surface area is 126 Å². The number of nitrogen functional groups attached to an aromatic ring is 1. The average molecular weight is 311 g/mol. The molecule has 0 radical (unpaired) electrons. The van der Waals surface area contributed by atoms with Crippen molar-refractivity contribution in [1.29, 1.82) is 0 Å². The molecule has 2 N–H and O–H groups in total. The van der Waals surface area contributed by atoms with E-state index in [1.54, 1.807) is 18.2 Å². The summed E-state index contributed by atoms with van der Waals surface area (Å²) in [6.07, 6.45) is -3.82. The number of ether oxygens (including phenoxy) is 2. The highest BCUT2D eigenvalue weighted by atomic mass is 19.4. The van der Waals surface area contributed by atoms with E-state index in [-0.39, 0.29) is 5.75 Å². The summed E-state index contributed by atoms with van der Waals surface area (Å²) < 4.78 is 45.8. The second-order valence-electron chi connectivity index (χ2n) is 4.67. The monoisotopic (exact) mass is 311 g/mol. The first kappa shape index (κ1) is 16.0. The van der Waals surface area contributed by atoms with Gasteiger partial charge in [0.15, 0.2) is 0 Å². The van der Waals surface area contributed by atoms with Crippen LogP contribution >= 0.6 is 0 Å². The van der Waals surface area contributed by atoms with Crippen LogP contribution in [0.25, 0.3) is 11.1 Å². The molecule has 118 valence electrons. The molecule has 6 heteroatoms. The SMILES string of the molecule is CCCOc1ccc(N)c(-c2ccc(OC(F)(F)F)cc2)c1. The van der Waals surface area contributed by atoms with Crippen molar-refractivity contribution in [2.24, 2.45) is 0 Å². The van der Waals surface area contributed by atoms with Gasteiger partial charge in [0.2, 0.25) is 0 Å². The van der Waals surface area contributed by atoms with Gasteiger partial charge in [-0.15, -0.1) is 13.2 Å².